The molecule has 0 atom stereocenters. The molecule has 1 aliphatic heterocycles. The smallest absolute Gasteiger partial charge is 0.265 e. The van der Waals surface area contributed by atoms with Crippen molar-refractivity contribution in [2.45, 2.75) is 0 Å². The van der Waals surface area contributed by atoms with E-state index in [0.29, 0.717) is 31.5 Å². The molecule has 3 heterocycles. The fourth-order valence-corrected chi connectivity index (χ4v) is 4.93. The van der Waals surface area contributed by atoms with Gasteiger partial charge < -0.3 is 20.4 Å². The molecule has 174 valence electrons. The van der Waals surface area contributed by atoms with Crippen LogP contribution in [0.2, 0.25) is 5.02 Å². The topological polar surface area (TPSA) is 93.4 Å². The zero-order chi connectivity index (χ0) is 23.7. The highest BCUT2D eigenvalue weighted by Crippen LogP contribution is 2.30. The molecule has 1 aliphatic rings. The number of rotatable bonds is 5. The van der Waals surface area contributed by atoms with Gasteiger partial charge in [-0.3, -0.25) is 14.7 Å². The van der Waals surface area contributed by atoms with E-state index in [2.05, 4.69) is 37.7 Å². The number of carbonyl (C=O) groups excluding carboxylic acids is 2. The van der Waals surface area contributed by atoms with Crippen LogP contribution in [0.5, 0.6) is 0 Å². The third kappa shape index (κ3) is 4.77. The Morgan fingerprint density at radius 2 is 1.76 bits per heavy atom. The quantitative estimate of drug-likeness (QED) is 0.379. The minimum atomic E-state index is -0.325. The molecular weight excluding hydrogens is 472 g/mol. The van der Waals surface area contributed by atoms with Gasteiger partial charge in [0.1, 0.15) is 4.83 Å². The Kier molecular flexibility index (Phi) is 6.23. The van der Waals surface area contributed by atoms with Gasteiger partial charge in [-0.1, -0.05) is 17.7 Å². The second-order valence-electron chi connectivity index (χ2n) is 8.18. The lowest BCUT2D eigenvalue weighted by atomic mass is 10.2. The van der Waals surface area contributed by atoms with Gasteiger partial charge in [-0.2, -0.15) is 5.10 Å². The Morgan fingerprint density at radius 1 is 1.00 bits per heavy atom. The molecule has 5 rings (SSSR count). The van der Waals surface area contributed by atoms with E-state index in [4.69, 9.17) is 11.6 Å². The summed E-state index contributed by atoms with van der Waals surface area (Å²) < 4.78 is 0. The van der Waals surface area contributed by atoms with Crippen molar-refractivity contribution in [3.8, 4) is 0 Å². The van der Waals surface area contributed by atoms with Gasteiger partial charge in [-0.15, -0.1) is 11.3 Å². The van der Waals surface area contributed by atoms with Crippen LogP contribution >= 0.6 is 22.9 Å². The van der Waals surface area contributed by atoms with E-state index in [1.807, 2.05) is 24.3 Å². The lowest BCUT2D eigenvalue weighted by molar-refractivity contribution is 0.102. The Balaban J connectivity index is 1.26. The molecule has 4 aromatic rings. The predicted molar refractivity (Wildman–Crippen MR) is 137 cm³/mol. The van der Waals surface area contributed by atoms with Crippen LogP contribution in [0.4, 0.5) is 17.2 Å². The molecule has 10 heteroatoms. The molecule has 0 radical (unpaired) electrons. The highest BCUT2D eigenvalue weighted by Gasteiger charge is 2.18. The van der Waals surface area contributed by atoms with Crippen molar-refractivity contribution < 1.29 is 9.59 Å². The largest absolute Gasteiger partial charge is 0.369 e. The zero-order valence-electron chi connectivity index (χ0n) is 18.5. The summed E-state index contributed by atoms with van der Waals surface area (Å²) in [6.45, 7) is 4.07. The average molecular weight is 495 g/mol. The molecule has 0 saturated carbocycles. The second-order valence-corrected chi connectivity index (χ2v) is 9.67. The fourth-order valence-electron chi connectivity index (χ4n) is 3.85. The van der Waals surface area contributed by atoms with Crippen molar-refractivity contribution in [3.05, 3.63) is 70.1 Å². The first-order valence-electron chi connectivity index (χ1n) is 10.9. The van der Waals surface area contributed by atoms with Gasteiger partial charge in [-0.25, -0.2) is 0 Å². The molecule has 2 aromatic carbocycles. The molecule has 3 N–H and O–H groups in total. The number of likely N-dealkylation sites (N-methyl/N-ethyl adjacent to an activating group) is 1. The molecule has 1 fully saturated rings. The SMILES string of the molecule is CN1CCN(c2ccc(NC(=O)c3cc4c(NC(=O)c5cccc(Cl)c5)n[nH]c4s3)cc2)CC1. The number of aromatic amines is 1. The molecule has 0 unspecified atom stereocenters. The minimum absolute atomic E-state index is 0.214. The normalized spacial score (nSPS) is 14.4. The number of carbonyl (C=O) groups is 2. The number of anilines is 3. The highest BCUT2D eigenvalue weighted by atomic mass is 35.5. The lowest BCUT2D eigenvalue weighted by Gasteiger charge is -2.34. The van der Waals surface area contributed by atoms with Crippen LogP contribution in [0.25, 0.3) is 10.2 Å². The van der Waals surface area contributed by atoms with E-state index in [1.165, 1.54) is 11.3 Å². The molecule has 2 aromatic heterocycles. The molecule has 0 bridgehead atoms. The van der Waals surface area contributed by atoms with Gasteiger partial charge in [0.15, 0.2) is 5.82 Å². The Bertz CT molecular complexity index is 1340. The van der Waals surface area contributed by atoms with E-state index in [9.17, 15) is 9.59 Å². The monoisotopic (exact) mass is 494 g/mol. The summed E-state index contributed by atoms with van der Waals surface area (Å²) in [7, 11) is 2.13. The van der Waals surface area contributed by atoms with Gasteiger partial charge in [0, 0.05) is 48.1 Å². The second kappa shape index (κ2) is 9.46. The number of fused-ring (bicyclic) bond motifs is 1. The fraction of sp³-hybridized carbons (Fsp3) is 0.208. The summed E-state index contributed by atoms with van der Waals surface area (Å²) in [6, 6.07) is 16.3. The number of hydrogen-bond acceptors (Lipinski definition) is 6. The van der Waals surface area contributed by atoms with E-state index in [-0.39, 0.29) is 11.8 Å². The van der Waals surface area contributed by atoms with Crippen molar-refractivity contribution in [1.82, 2.24) is 15.1 Å². The maximum atomic E-state index is 12.8. The van der Waals surface area contributed by atoms with E-state index < -0.39 is 0 Å². The minimum Gasteiger partial charge on any atom is -0.369 e. The molecule has 1 saturated heterocycles. The predicted octanol–water partition coefficient (Wildman–Crippen LogP) is 4.53. The first-order chi connectivity index (χ1) is 16.5. The van der Waals surface area contributed by atoms with Crippen LogP contribution in [0, 0.1) is 0 Å². The maximum Gasteiger partial charge on any atom is 0.265 e. The summed E-state index contributed by atoms with van der Waals surface area (Å²) in [5.41, 5.74) is 2.31. The number of halogens is 1. The van der Waals surface area contributed by atoms with Gasteiger partial charge >= 0.3 is 0 Å². The third-order valence-electron chi connectivity index (χ3n) is 5.79. The van der Waals surface area contributed by atoms with Crippen molar-refractivity contribution in [2.24, 2.45) is 0 Å². The van der Waals surface area contributed by atoms with E-state index in [1.54, 1.807) is 30.3 Å². The van der Waals surface area contributed by atoms with Crippen LogP contribution in [0.15, 0.2) is 54.6 Å². The van der Waals surface area contributed by atoms with Crippen molar-refractivity contribution >= 4 is 62.2 Å². The standard InChI is InChI=1S/C24H23ClN6O2S/c1-30-9-11-31(12-10-30)18-7-5-17(6-8-18)26-23(33)20-14-19-21(28-29-24(19)34-20)27-22(32)15-3-2-4-16(25)13-15/h2-8,13-14H,9-12H2,1H3,(H,26,33)(H2,27,28,29,32). The molecule has 0 spiro atoms. The van der Waals surface area contributed by atoms with Gasteiger partial charge in [0.2, 0.25) is 0 Å². The van der Waals surface area contributed by atoms with E-state index in [0.717, 1.165) is 37.6 Å². The molecule has 8 nitrogen and oxygen atoms in total. The number of nitrogens with one attached hydrogen (secondary N) is 3. The number of benzene rings is 2. The number of H-pyrrole nitrogens is 1. The van der Waals surface area contributed by atoms with Crippen LogP contribution in [-0.2, 0) is 0 Å². The van der Waals surface area contributed by atoms with Crippen molar-refractivity contribution in [1.29, 1.82) is 0 Å². The lowest BCUT2D eigenvalue weighted by Crippen LogP contribution is -2.44. The molecule has 0 aliphatic carbocycles. The summed E-state index contributed by atoms with van der Waals surface area (Å²) in [5.74, 6) is -0.172. The maximum absolute atomic E-state index is 12.8. The van der Waals surface area contributed by atoms with Crippen LogP contribution in [0.3, 0.4) is 0 Å². The third-order valence-corrected chi connectivity index (χ3v) is 7.07. The van der Waals surface area contributed by atoms with Crippen LogP contribution < -0.4 is 15.5 Å². The summed E-state index contributed by atoms with van der Waals surface area (Å²) in [5, 5.41) is 13.9. The number of aromatic nitrogens is 2. The van der Waals surface area contributed by atoms with Gasteiger partial charge in [-0.05, 0) is 55.6 Å². The Morgan fingerprint density at radius 3 is 2.50 bits per heavy atom. The number of nitrogens with zero attached hydrogens (tertiary/aromatic N) is 3. The zero-order valence-corrected chi connectivity index (χ0v) is 20.0. The summed E-state index contributed by atoms with van der Waals surface area (Å²) in [4.78, 5) is 31.3. The first kappa shape index (κ1) is 22.4. The first-order valence-corrected chi connectivity index (χ1v) is 12.1. The molecule has 2 amide bonds. The van der Waals surface area contributed by atoms with Gasteiger partial charge in [0.05, 0.1) is 10.3 Å². The molecule has 34 heavy (non-hydrogen) atoms. The average Bonchev–Trinajstić information content (AvgIpc) is 3.42. The number of thiophene rings is 1. The number of hydrogen-bond donors (Lipinski definition) is 3. The summed E-state index contributed by atoms with van der Waals surface area (Å²) in [6.07, 6.45) is 0. The van der Waals surface area contributed by atoms with Crippen LogP contribution in [0.1, 0.15) is 20.0 Å². The number of amides is 2. The Labute approximate surface area is 205 Å². The van der Waals surface area contributed by atoms with Crippen molar-refractivity contribution in [3.63, 3.8) is 0 Å². The van der Waals surface area contributed by atoms with E-state index >= 15 is 0 Å². The summed E-state index contributed by atoms with van der Waals surface area (Å²) >= 11 is 7.26. The van der Waals surface area contributed by atoms with Crippen LogP contribution in [-0.4, -0.2) is 60.1 Å². The highest BCUT2D eigenvalue weighted by molar-refractivity contribution is 7.20. The van der Waals surface area contributed by atoms with Crippen molar-refractivity contribution in [2.75, 3.05) is 48.8 Å². The van der Waals surface area contributed by atoms with Gasteiger partial charge in [0.25, 0.3) is 11.8 Å². The number of piperazine rings is 1. The Hall–Kier alpha value is -3.40. The molecular formula is C24H23ClN6O2S.